The quantitative estimate of drug-likeness (QED) is 0.227. The molecule has 4 aromatic rings. The van der Waals surface area contributed by atoms with Crippen LogP contribution in [0.2, 0.25) is 10.0 Å². The van der Waals surface area contributed by atoms with Crippen LogP contribution < -0.4 is 20.3 Å². The molecule has 3 heterocycles. The molecule has 2 fully saturated rings. The Bertz CT molecular complexity index is 2030. The van der Waals surface area contributed by atoms with Crippen LogP contribution in [0.15, 0.2) is 60.9 Å². The zero-order valence-corrected chi connectivity index (χ0v) is 27.3. The van der Waals surface area contributed by atoms with Crippen LogP contribution in [0.3, 0.4) is 0 Å². The lowest BCUT2D eigenvalue weighted by Crippen LogP contribution is -2.52. The molecule has 14 heteroatoms. The number of imidazole rings is 1. The number of ether oxygens (including phenoxy) is 1. The smallest absolute Gasteiger partial charge is 0.270 e. The monoisotopic (exact) mass is 687 g/mol. The predicted molar refractivity (Wildman–Crippen MR) is 174 cm³/mol. The number of aromatic nitrogens is 3. The van der Waals surface area contributed by atoms with E-state index in [-0.39, 0.29) is 39.7 Å². The van der Waals surface area contributed by atoms with Crippen molar-refractivity contribution in [2.45, 2.75) is 55.6 Å². The van der Waals surface area contributed by atoms with Gasteiger partial charge in [-0.25, -0.2) is 14.3 Å². The standard InChI is InChI=1S/C34H28Cl2FN7O4/c1-32(16-19-3-5-20(17-38)6-4-19)30(47)43(21-13-23(35)27(37)24(36)14-21)31-40-18-25(44(31)32)28(45)41-34(10-11-34)29(46)42-33(8-9-33)26-15-22(48-2)7-12-39-26/h3-7,12-15,18H,8-11,16H2,1-2H3,(H,41,45)(H,42,46)/t32-/m1/s1. The molecule has 3 aliphatic rings. The van der Waals surface area contributed by atoms with E-state index in [1.165, 1.54) is 27.8 Å². The van der Waals surface area contributed by atoms with Gasteiger partial charge in [-0.1, -0.05) is 35.3 Å². The van der Waals surface area contributed by atoms with Crippen LogP contribution in [0.4, 0.5) is 16.0 Å². The second-order valence-corrected chi connectivity index (χ2v) is 13.4. The lowest BCUT2D eigenvalue weighted by Gasteiger charge is -2.27. The van der Waals surface area contributed by atoms with E-state index in [9.17, 15) is 24.0 Å². The molecule has 2 N–H and O–H groups in total. The van der Waals surface area contributed by atoms with E-state index >= 15 is 0 Å². The number of amides is 3. The van der Waals surface area contributed by atoms with E-state index in [4.69, 9.17) is 27.9 Å². The van der Waals surface area contributed by atoms with Crippen molar-refractivity contribution >= 4 is 52.6 Å². The predicted octanol–water partition coefficient (Wildman–Crippen LogP) is 5.31. The van der Waals surface area contributed by atoms with E-state index in [2.05, 4.69) is 26.7 Å². The van der Waals surface area contributed by atoms with E-state index in [1.807, 2.05) is 0 Å². The lowest BCUT2D eigenvalue weighted by atomic mass is 9.91. The van der Waals surface area contributed by atoms with Gasteiger partial charge in [-0.2, -0.15) is 5.26 Å². The maximum atomic E-state index is 14.4. The molecular formula is C34H28Cl2FN7O4. The average Bonchev–Trinajstić information content (AvgIpc) is 3.99. The highest BCUT2D eigenvalue weighted by molar-refractivity contribution is 6.35. The number of pyridine rings is 1. The summed E-state index contributed by atoms with van der Waals surface area (Å²) in [5.74, 6) is -1.50. The molecule has 244 valence electrons. The lowest BCUT2D eigenvalue weighted by molar-refractivity contribution is -0.125. The molecule has 0 unspecified atom stereocenters. The molecule has 2 aromatic heterocycles. The SMILES string of the molecule is COc1ccnc(C2(NC(=O)C3(NC(=O)c4cnc5n4[C@](C)(Cc4ccc(C#N)cc4)C(=O)N5c4cc(Cl)c(F)c(Cl)c4)CC3)CC2)c1. The summed E-state index contributed by atoms with van der Waals surface area (Å²) in [7, 11) is 1.56. The Kier molecular flexibility index (Phi) is 7.45. The Morgan fingerprint density at radius 3 is 2.33 bits per heavy atom. The van der Waals surface area contributed by atoms with Crippen molar-refractivity contribution in [3.05, 3.63) is 99.3 Å². The van der Waals surface area contributed by atoms with Crippen LogP contribution in [0, 0.1) is 17.1 Å². The van der Waals surface area contributed by atoms with E-state index < -0.39 is 34.2 Å². The second kappa shape index (κ2) is 11.3. The largest absolute Gasteiger partial charge is 0.497 e. The molecule has 3 amide bonds. The zero-order valence-electron chi connectivity index (χ0n) is 25.8. The number of methoxy groups -OCH3 is 1. The van der Waals surface area contributed by atoms with Crippen LogP contribution in [-0.2, 0) is 27.1 Å². The van der Waals surface area contributed by atoms with Crippen molar-refractivity contribution in [1.29, 1.82) is 5.26 Å². The summed E-state index contributed by atoms with van der Waals surface area (Å²) in [4.78, 5) is 52.2. The van der Waals surface area contributed by atoms with Gasteiger partial charge < -0.3 is 15.4 Å². The Morgan fingerprint density at radius 2 is 1.73 bits per heavy atom. The van der Waals surface area contributed by atoms with Gasteiger partial charge >= 0.3 is 0 Å². The number of anilines is 2. The topological polar surface area (TPSA) is 142 Å². The Morgan fingerprint density at radius 1 is 1.04 bits per heavy atom. The zero-order chi connectivity index (χ0) is 34.0. The minimum absolute atomic E-state index is 0.0472. The maximum absolute atomic E-state index is 14.4. The first-order chi connectivity index (χ1) is 22.9. The van der Waals surface area contributed by atoms with Gasteiger partial charge in [0.1, 0.15) is 22.5 Å². The number of nitriles is 1. The fourth-order valence-corrected chi connectivity index (χ4v) is 6.72. The Hall–Kier alpha value is -4.99. The first kappa shape index (κ1) is 31.6. The van der Waals surface area contributed by atoms with Crippen molar-refractivity contribution < 1.29 is 23.5 Å². The van der Waals surface area contributed by atoms with Gasteiger partial charge in [0.2, 0.25) is 11.9 Å². The van der Waals surface area contributed by atoms with Gasteiger partial charge in [-0.15, -0.1) is 0 Å². The minimum Gasteiger partial charge on any atom is -0.497 e. The summed E-state index contributed by atoms with van der Waals surface area (Å²) in [6.45, 7) is 1.67. The molecule has 0 bridgehead atoms. The van der Waals surface area contributed by atoms with Crippen molar-refractivity contribution in [3.8, 4) is 11.8 Å². The summed E-state index contributed by atoms with van der Waals surface area (Å²) in [5.41, 5.74) is -1.14. The van der Waals surface area contributed by atoms with Crippen molar-refractivity contribution in [2.24, 2.45) is 0 Å². The third-order valence-corrected chi connectivity index (χ3v) is 9.84. The number of rotatable bonds is 9. The van der Waals surface area contributed by atoms with Crippen LogP contribution in [0.1, 0.15) is 59.9 Å². The Labute approximate surface area is 284 Å². The molecule has 11 nitrogen and oxygen atoms in total. The molecule has 2 aromatic carbocycles. The maximum Gasteiger partial charge on any atom is 0.270 e. The van der Waals surface area contributed by atoms with Crippen molar-refractivity contribution in [3.63, 3.8) is 0 Å². The highest BCUT2D eigenvalue weighted by Crippen LogP contribution is 2.48. The highest BCUT2D eigenvalue weighted by Gasteiger charge is 2.57. The number of nitrogens with zero attached hydrogens (tertiary/aromatic N) is 5. The fourth-order valence-electron chi connectivity index (χ4n) is 6.25. The molecule has 0 radical (unpaired) electrons. The van der Waals surface area contributed by atoms with Gasteiger partial charge in [0.25, 0.3) is 11.8 Å². The van der Waals surface area contributed by atoms with E-state index in [0.717, 1.165) is 0 Å². The number of hydrogen-bond acceptors (Lipinski definition) is 7. The number of hydrogen-bond donors (Lipinski definition) is 2. The molecule has 48 heavy (non-hydrogen) atoms. The van der Waals surface area contributed by atoms with Gasteiger partial charge in [0.15, 0.2) is 5.82 Å². The summed E-state index contributed by atoms with van der Waals surface area (Å²) in [6.07, 6.45) is 5.32. The van der Waals surface area contributed by atoms with Crippen LogP contribution in [0.25, 0.3) is 0 Å². The summed E-state index contributed by atoms with van der Waals surface area (Å²) in [5, 5.41) is 14.7. The minimum atomic E-state index is -1.41. The summed E-state index contributed by atoms with van der Waals surface area (Å²) >= 11 is 12.2. The third-order valence-electron chi connectivity index (χ3n) is 9.29. The number of carbonyl (C=O) groups excluding carboxylic acids is 3. The fraction of sp³-hybridized carbons (Fsp3) is 0.294. The number of carbonyl (C=O) groups is 3. The number of halogens is 3. The van der Waals surface area contributed by atoms with E-state index in [1.54, 1.807) is 56.6 Å². The molecule has 2 aliphatic carbocycles. The van der Waals surface area contributed by atoms with Crippen LogP contribution in [0.5, 0.6) is 5.75 Å². The summed E-state index contributed by atoms with van der Waals surface area (Å²) in [6, 6.07) is 14.9. The van der Waals surface area contributed by atoms with Crippen LogP contribution in [-0.4, -0.2) is 44.9 Å². The normalized spacial score (nSPS) is 19.7. The molecule has 7 rings (SSSR count). The van der Waals surface area contributed by atoms with Crippen molar-refractivity contribution in [2.75, 3.05) is 12.0 Å². The molecule has 1 atom stereocenters. The molecule has 0 saturated heterocycles. The first-order valence-electron chi connectivity index (χ1n) is 15.2. The van der Waals surface area contributed by atoms with Gasteiger partial charge in [0, 0.05) is 18.7 Å². The molecular weight excluding hydrogens is 660 g/mol. The molecule has 2 saturated carbocycles. The van der Waals surface area contributed by atoms with Crippen LogP contribution >= 0.6 is 23.2 Å². The highest BCUT2D eigenvalue weighted by atomic mass is 35.5. The number of nitrogens with one attached hydrogen (secondary N) is 2. The number of fused-ring (bicyclic) bond motifs is 1. The van der Waals surface area contributed by atoms with E-state index in [0.29, 0.717) is 48.3 Å². The second-order valence-electron chi connectivity index (χ2n) is 12.6. The molecule has 0 spiro atoms. The first-order valence-corrected chi connectivity index (χ1v) is 15.9. The van der Waals surface area contributed by atoms with Crippen molar-refractivity contribution in [1.82, 2.24) is 25.2 Å². The average molecular weight is 689 g/mol. The van der Waals surface area contributed by atoms with Gasteiger partial charge in [-0.3, -0.25) is 23.9 Å². The summed E-state index contributed by atoms with van der Waals surface area (Å²) < 4.78 is 21.2. The molecule has 1 aliphatic heterocycles. The Balaban J connectivity index is 1.21. The van der Waals surface area contributed by atoms with Gasteiger partial charge in [0.05, 0.1) is 51.9 Å². The third kappa shape index (κ3) is 5.14. The van der Waals surface area contributed by atoms with Gasteiger partial charge in [-0.05, 0) is 68.5 Å². The number of benzene rings is 2.